The van der Waals surface area contributed by atoms with E-state index in [0.29, 0.717) is 52.5 Å². The zero-order valence-electron chi connectivity index (χ0n) is 16.9. The number of amides is 2. The summed E-state index contributed by atoms with van der Waals surface area (Å²) in [4.78, 5) is 31.1. The van der Waals surface area contributed by atoms with Crippen molar-refractivity contribution in [2.75, 3.05) is 66.6 Å². The summed E-state index contributed by atoms with van der Waals surface area (Å²) in [5.74, 6) is 0.284. The lowest BCUT2D eigenvalue weighted by Gasteiger charge is -2.46. The van der Waals surface area contributed by atoms with Crippen LogP contribution in [-0.2, 0) is 19.1 Å². The fraction of sp³-hybridized carbons (Fsp3) is 0.800. The normalized spacial score (nSPS) is 32.3. The molecule has 1 spiro atoms. The molecule has 0 bridgehead atoms. The molecule has 0 N–H and O–H groups in total. The second-order valence-corrected chi connectivity index (χ2v) is 8.58. The van der Waals surface area contributed by atoms with Crippen molar-refractivity contribution < 1.29 is 19.1 Å². The highest BCUT2D eigenvalue weighted by Crippen LogP contribution is 2.35. The molecule has 7 nitrogen and oxygen atoms in total. The number of morpholine rings is 1. The summed E-state index contributed by atoms with van der Waals surface area (Å²) in [6, 6.07) is 0. The molecule has 152 valence electrons. The average Bonchev–Trinajstić information content (AvgIpc) is 2.83. The van der Waals surface area contributed by atoms with Crippen LogP contribution < -0.4 is 0 Å². The zero-order chi connectivity index (χ0) is 19.5. The molecule has 2 aliphatic heterocycles. The van der Waals surface area contributed by atoms with Gasteiger partial charge in [0, 0.05) is 33.7 Å². The number of hydrogen-bond donors (Lipinski definition) is 0. The van der Waals surface area contributed by atoms with Gasteiger partial charge in [0.1, 0.15) is 5.60 Å². The van der Waals surface area contributed by atoms with E-state index in [2.05, 4.69) is 24.0 Å². The van der Waals surface area contributed by atoms with Crippen LogP contribution in [0.1, 0.15) is 26.2 Å². The van der Waals surface area contributed by atoms with Gasteiger partial charge in [0.05, 0.1) is 38.3 Å². The van der Waals surface area contributed by atoms with Crippen LogP contribution in [0.3, 0.4) is 0 Å². The van der Waals surface area contributed by atoms with Gasteiger partial charge in [0.2, 0.25) is 11.8 Å². The Bertz CT molecular complexity index is 594. The van der Waals surface area contributed by atoms with E-state index in [9.17, 15) is 9.59 Å². The maximum absolute atomic E-state index is 13.3. The summed E-state index contributed by atoms with van der Waals surface area (Å²) in [5, 5.41) is 0. The first-order chi connectivity index (χ1) is 12.8. The first-order valence-electron chi connectivity index (χ1n) is 9.92. The molecule has 2 fully saturated rings. The predicted molar refractivity (Wildman–Crippen MR) is 102 cm³/mol. The van der Waals surface area contributed by atoms with Crippen molar-refractivity contribution in [2.24, 2.45) is 5.41 Å². The molecule has 3 aliphatic rings. The Morgan fingerprint density at radius 2 is 1.96 bits per heavy atom. The van der Waals surface area contributed by atoms with E-state index in [-0.39, 0.29) is 17.2 Å². The molecular weight excluding hydrogens is 346 g/mol. The van der Waals surface area contributed by atoms with Crippen LogP contribution in [0.15, 0.2) is 12.2 Å². The minimum absolute atomic E-state index is 0.0669. The monoisotopic (exact) mass is 379 g/mol. The number of nitrogens with zero attached hydrogens (tertiary/aromatic N) is 3. The molecule has 3 rings (SSSR count). The van der Waals surface area contributed by atoms with Crippen molar-refractivity contribution in [1.29, 1.82) is 0 Å². The Kier molecular flexibility index (Phi) is 6.23. The quantitative estimate of drug-likeness (QED) is 0.677. The van der Waals surface area contributed by atoms with E-state index in [4.69, 9.17) is 9.47 Å². The lowest BCUT2D eigenvalue weighted by molar-refractivity contribution is -0.169. The molecule has 0 aromatic rings. The van der Waals surface area contributed by atoms with Crippen LogP contribution in [0.4, 0.5) is 0 Å². The number of likely N-dealkylation sites (N-methyl/N-ethyl adjacent to an activating group) is 1. The standard InChI is InChI=1S/C20H33N3O4/c1-19(7-5-4-6-8-19)18(25)23-10-12-27-20(15-23)14-22(9-11-26-16-20)13-17(24)21(2)3/h4-5H,6-16H2,1-3H3. The number of carbonyl (C=O) groups is 2. The predicted octanol–water partition coefficient (Wildman–Crippen LogP) is 0.751. The Morgan fingerprint density at radius 1 is 1.15 bits per heavy atom. The molecule has 0 saturated carbocycles. The third-order valence-corrected chi connectivity index (χ3v) is 5.94. The van der Waals surface area contributed by atoms with Gasteiger partial charge in [0.25, 0.3) is 0 Å². The van der Waals surface area contributed by atoms with Gasteiger partial charge in [-0.05, 0) is 19.3 Å². The highest BCUT2D eigenvalue weighted by Gasteiger charge is 2.45. The summed E-state index contributed by atoms with van der Waals surface area (Å²) in [5.41, 5.74) is -0.878. The van der Waals surface area contributed by atoms with Crippen LogP contribution >= 0.6 is 0 Å². The Hall–Kier alpha value is -1.44. The van der Waals surface area contributed by atoms with Gasteiger partial charge in [-0.1, -0.05) is 19.1 Å². The lowest BCUT2D eigenvalue weighted by atomic mass is 9.77. The highest BCUT2D eigenvalue weighted by atomic mass is 16.5. The molecule has 2 heterocycles. The molecule has 0 aromatic heterocycles. The number of rotatable bonds is 3. The molecular formula is C20H33N3O4. The maximum Gasteiger partial charge on any atom is 0.236 e. The maximum atomic E-state index is 13.3. The largest absolute Gasteiger partial charge is 0.377 e. The number of allylic oxidation sites excluding steroid dienone is 2. The Balaban J connectivity index is 1.69. The van der Waals surface area contributed by atoms with Crippen molar-refractivity contribution in [1.82, 2.24) is 14.7 Å². The van der Waals surface area contributed by atoms with Crippen LogP contribution in [0.2, 0.25) is 0 Å². The number of ether oxygens (including phenoxy) is 2. The van der Waals surface area contributed by atoms with E-state index in [1.807, 2.05) is 4.90 Å². The van der Waals surface area contributed by atoms with Gasteiger partial charge in [-0.15, -0.1) is 0 Å². The minimum atomic E-state index is -0.558. The van der Waals surface area contributed by atoms with Gasteiger partial charge >= 0.3 is 0 Å². The van der Waals surface area contributed by atoms with Gasteiger partial charge in [-0.3, -0.25) is 14.5 Å². The number of hydrogen-bond acceptors (Lipinski definition) is 5. The molecule has 7 heteroatoms. The van der Waals surface area contributed by atoms with E-state index in [1.54, 1.807) is 19.0 Å². The molecule has 2 atom stereocenters. The summed E-state index contributed by atoms with van der Waals surface area (Å²) in [6.07, 6.45) is 6.94. The second-order valence-electron chi connectivity index (χ2n) is 8.58. The van der Waals surface area contributed by atoms with Gasteiger partial charge in [-0.2, -0.15) is 0 Å². The summed E-state index contributed by atoms with van der Waals surface area (Å²) >= 11 is 0. The smallest absolute Gasteiger partial charge is 0.236 e. The highest BCUT2D eigenvalue weighted by molar-refractivity contribution is 5.83. The molecule has 0 radical (unpaired) electrons. The summed E-state index contributed by atoms with van der Waals surface area (Å²) in [7, 11) is 3.53. The van der Waals surface area contributed by atoms with E-state index >= 15 is 0 Å². The minimum Gasteiger partial charge on any atom is -0.377 e. The fourth-order valence-electron chi connectivity index (χ4n) is 4.19. The Morgan fingerprint density at radius 3 is 2.67 bits per heavy atom. The van der Waals surface area contributed by atoms with Gasteiger partial charge in [-0.25, -0.2) is 0 Å². The SMILES string of the molecule is CN(C)C(=O)CN1CCOCC2(C1)CN(C(=O)C1(C)CC=CCC1)CCO2. The second kappa shape index (κ2) is 8.29. The van der Waals surface area contributed by atoms with Gasteiger partial charge in [0.15, 0.2) is 0 Å². The first kappa shape index (κ1) is 20.3. The lowest BCUT2D eigenvalue weighted by Crippen LogP contribution is -2.61. The fourth-order valence-corrected chi connectivity index (χ4v) is 4.19. The summed E-state index contributed by atoms with van der Waals surface area (Å²) < 4.78 is 12.0. The van der Waals surface area contributed by atoms with Crippen LogP contribution in [-0.4, -0.2) is 98.8 Å². The van der Waals surface area contributed by atoms with E-state index in [1.165, 1.54) is 0 Å². The molecule has 2 saturated heterocycles. The van der Waals surface area contributed by atoms with Crippen LogP contribution in [0, 0.1) is 5.41 Å². The van der Waals surface area contributed by atoms with Crippen molar-refractivity contribution in [3.8, 4) is 0 Å². The zero-order valence-corrected chi connectivity index (χ0v) is 16.9. The van der Waals surface area contributed by atoms with Crippen molar-refractivity contribution in [3.63, 3.8) is 0 Å². The van der Waals surface area contributed by atoms with Crippen molar-refractivity contribution in [2.45, 2.75) is 31.8 Å². The molecule has 1 aliphatic carbocycles. The average molecular weight is 380 g/mol. The van der Waals surface area contributed by atoms with Gasteiger partial charge < -0.3 is 19.3 Å². The van der Waals surface area contributed by atoms with Crippen LogP contribution in [0.5, 0.6) is 0 Å². The summed E-state index contributed by atoms with van der Waals surface area (Å²) in [6.45, 7) is 6.41. The third kappa shape index (κ3) is 4.70. The van der Waals surface area contributed by atoms with Crippen molar-refractivity contribution >= 4 is 11.8 Å². The first-order valence-corrected chi connectivity index (χ1v) is 9.92. The number of carbonyl (C=O) groups excluding carboxylic acids is 2. The van der Waals surface area contributed by atoms with Crippen LogP contribution in [0.25, 0.3) is 0 Å². The van der Waals surface area contributed by atoms with E-state index in [0.717, 1.165) is 19.3 Å². The molecule has 0 aromatic carbocycles. The third-order valence-electron chi connectivity index (χ3n) is 5.94. The topological polar surface area (TPSA) is 62.3 Å². The molecule has 27 heavy (non-hydrogen) atoms. The molecule has 2 unspecified atom stereocenters. The Labute approximate surface area is 162 Å². The van der Waals surface area contributed by atoms with E-state index < -0.39 is 5.60 Å². The van der Waals surface area contributed by atoms with Crippen molar-refractivity contribution in [3.05, 3.63) is 12.2 Å². The molecule has 2 amide bonds.